The number of primary amides is 1. The van der Waals surface area contributed by atoms with Crippen LogP contribution >= 0.6 is 0 Å². The lowest BCUT2D eigenvalue weighted by Gasteiger charge is -1.94. The Balaban J connectivity index is 2.23. The number of nitrogens with zero attached hydrogens (tertiary/aromatic N) is 3. The van der Waals surface area contributed by atoms with E-state index in [0.29, 0.717) is 11.5 Å². The van der Waals surface area contributed by atoms with Crippen LogP contribution in [0, 0.1) is 6.07 Å². The Morgan fingerprint density at radius 1 is 1.28 bits per heavy atom. The molecular weight excluding hydrogens is 228 g/mol. The standard InChI is InChI=1S/C13H9N4O/c14-11(18)10-7-4-8-17-13(10)15-12(16-17)9-5-2-1-3-6-9/h1-6,8H,(H2,14,18). The van der Waals surface area contributed by atoms with Crippen molar-refractivity contribution >= 4 is 11.6 Å². The number of nitrogens with two attached hydrogens (primary N) is 1. The third kappa shape index (κ3) is 1.62. The molecule has 5 heteroatoms. The topological polar surface area (TPSA) is 73.3 Å². The largest absolute Gasteiger partial charge is 0.365 e. The molecule has 0 saturated heterocycles. The van der Waals surface area contributed by atoms with Crippen molar-refractivity contribution in [3.63, 3.8) is 0 Å². The second-order valence-corrected chi connectivity index (χ2v) is 3.77. The Morgan fingerprint density at radius 2 is 2.06 bits per heavy atom. The summed E-state index contributed by atoms with van der Waals surface area (Å²) in [7, 11) is 0. The van der Waals surface area contributed by atoms with E-state index in [0.717, 1.165) is 5.56 Å². The first-order valence-corrected chi connectivity index (χ1v) is 5.38. The van der Waals surface area contributed by atoms with Gasteiger partial charge in [0, 0.05) is 17.8 Å². The van der Waals surface area contributed by atoms with Gasteiger partial charge in [-0.25, -0.2) is 9.50 Å². The van der Waals surface area contributed by atoms with E-state index in [2.05, 4.69) is 16.1 Å². The van der Waals surface area contributed by atoms with Gasteiger partial charge >= 0.3 is 0 Å². The van der Waals surface area contributed by atoms with Gasteiger partial charge in [0.25, 0.3) is 5.91 Å². The number of pyridine rings is 1. The summed E-state index contributed by atoms with van der Waals surface area (Å²) < 4.78 is 1.53. The molecule has 0 aliphatic carbocycles. The number of hydrogen-bond donors (Lipinski definition) is 1. The quantitative estimate of drug-likeness (QED) is 0.730. The van der Waals surface area contributed by atoms with E-state index in [1.54, 1.807) is 12.3 Å². The van der Waals surface area contributed by atoms with Crippen molar-refractivity contribution in [1.29, 1.82) is 0 Å². The lowest BCUT2D eigenvalue weighted by Crippen LogP contribution is -2.12. The predicted molar refractivity (Wildman–Crippen MR) is 65.8 cm³/mol. The highest BCUT2D eigenvalue weighted by molar-refractivity contribution is 5.98. The fourth-order valence-electron chi connectivity index (χ4n) is 1.74. The number of hydrogen-bond acceptors (Lipinski definition) is 3. The first-order valence-electron chi connectivity index (χ1n) is 5.38. The zero-order valence-electron chi connectivity index (χ0n) is 9.37. The highest BCUT2D eigenvalue weighted by Gasteiger charge is 2.12. The van der Waals surface area contributed by atoms with E-state index in [-0.39, 0.29) is 5.56 Å². The average molecular weight is 237 g/mol. The maximum absolute atomic E-state index is 11.3. The van der Waals surface area contributed by atoms with E-state index in [1.165, 1.54) is 4.52 Å². The minimum absolute atomic E-state index is 0.243. The zero-order chi connectivity index (χ0) is 12.5. The summed E-state index contributed by atoms with van der Waals surface area (Å²) in [6.45, 7) is 0. The highest BCUT2D eigenvalue weighted by atomic mass is 16.1. The van der Waals surface area contributed by atoms with Crippen LogP contribution in [0.25, 0.3) is 17.0 Å². The number of carbonyl (C=O) groups is 1. The molecule has 87 valence electrons. The van der Waals surface area contributed by atoms with Gasteiger partial charge in [0.2, 0.25) is 0 Å². The Hall–Kier alpha value is -2.69. The molecule has 0 aliphatic heterocycles. The van der Waals surface area contributed by atoms with Crippen molar-refractivity contribution in [2.24, 2.45) is 5.73 Å². The Labute approximate surface area is 103 Å². The van der Waals surface area contributed by atoms with Crippen molar-refractivity contribution in [3.8, 4) is 11.4 Å². The fourth-order valence-corrected chi connectivity index (χ4v) is 1.74. The maximum atomic E-state index is 11.3. The van der Waals surface area contributed by atoms with Gasteiger partial charge in [-0.3, -0.25) is 4.79 Å². The number of aromatic nitrogens is 3. The van der Waals surface area contributed by atoms with Crippen LogP contribution in [0.5, 0.6) is 0 Å². The van der Waals surface area contributed by atoms with E-state index in [1.807, 2.05) is 30.3 Å². The predicted octanol–water partition coefficient (Wildman–Crippen LogP) is 1.30. The molecule has 18 heavy (non-hydrogen) atoms. The highest BCUT2D eigenvalue weighted by Crippen LogP contribution is 2.16. The molecule has 1 amide bonds. The molecule has 0 bridgehead atoms. The molecule has 0 saturated carbocycles. The molecule has 0 unspecified atom stereocenters. The third-order valence-corrected chi connectivity index (χ3v) is 2.58. The number of carbonyl (C=O) groups excluding carboxylic acids is 1. The SMILES string of the molecule is NC(=O)c1[c]ccn2nc(-c3ccccc3)nc12. The van der Waals surface area contributed by atoms with Crippen LogP contribution in [-0.2, 0) is 0 Å². The minimum Gasteiger partial charge on any atom is -0.365 e. The molecule has 0 spiro atoms. The van der Waals surface area contributed by atoms with Gasteiger partial charge in [0.05, 0.1) is 5.56 Å². The minimum atomic E-state index is -0.562. The molecule has 0 aliphatic rings. The summed E-state index contributed by atoms with van der Waals surface area (Å²) >= 11 is 0. The molecule has 2 aromatic heterocycles. The fraction of sp³-hybridized carbons (Fsp3) is 0. The molecule has 1 radical (unpaired) electrons. The molecular formula is C13H9N4O. The first-order chi connectivity index (χ1) is 8.75. The second kappa shape index (κ2) is 3.96. The Bertz CT molecular complexity index is 718. The van der Waals surface area contributed by atoms with Crippen LogP contribution in [0.2, 0.25) is 0 Å². The number of rotatable bonds is 2. The van der Waals surface area contributed by atoms with Gasteiger partial charge in [-0.1, -0.05) is 30.3 Å². The van der Waals surface area contributed by atoms with Crippen molar-refractivity contribution in [2.75, 3.05) is 0 Å². The normalized spacial score (nSPS) is 10.7. The molecule has 2 N–H and O–H groups in total. The summed E-state index contributed by atoms with van der Waals surface area (Å²) in [5, 5.41) is 4.30. The van der Waals surface area contributed by atoms with Gasteiger partial charge in [-0.2, -0.15) is 0 Å². The first kappa shape index (κ1) is 10.5. The molecule has 3 aromatic rings. The average Bonchev–Trinajstić information content (AvgIpc) is 2.83. The summed E-state index contributed by atoms with van der Waals surface area (Å²) in [6.07, 6.45) is 1.68. The van der Waals surface area contributed by atoms with Gasteiger partial charge in [-0.15, -0.1) is 5.10 Å². The molecule has 5 nitrogen and oxygen atoms in total. The van der Waals surface area contributed by atoms with Crippen molar-refractivity contribution in [3.05, 3.63) is 54.2 Å². The second-order valence-electron chi connectivity index (χ2n) is 3.77. The van der Waals surface area contributed by atoms with Crippen LogP contribution in [0.1, 0.15) is 10.4 Å². The Morgan fingerprint density at radius 3 is 2.78 bits per heavy atom. The van der Waals surface area contributed by atoms with E-state index in [4.69, 9.17) is 5.73 Å². The molecule has 3 rings (SSSR count). The van der Waals surface area contributed by atoms with E-state index >= 15 is 0 Å². The van der Waals surface area contributed by atoms with Crippen LogP contribution in [-0.4, -0.2) is 20.5 Å². The zero-order valence-corrected chi connectivity index (χ0v) is 9.37. The van der Waals surface area contributed by atoms with E-state index < -0.39 is 5.91 Å². The number of amides is 1. The lowest BCUT2D eigenvalue weighted by molar-refractivity contribution is 0.100. The third-order valence-electron chi connectivity index (χ3n) is 2.58. The molecule has 0 atom stereocenters. The van der Waals surface area contributed by atoms with E-state index in [9.17, 15) is 4.79 Å². The smallest absolute Gasteiger partial charge is 0.253 e. The lowest BCUT2D eigenvalue weighted by atomic mass is 10.2. The van der Waals surface area contributed by atoms with Gasteiger partial charge < -0.3 is 5.73 Å². The van der Waals surface area contributed by atoms with Gasteiger partial charge in [-0.05, 0) is 6.07 Å². The van der Waals surface area contributed by atoms with Crippen LogP contribution in [0.3, 0.4) is 0 Å². The van der Waals surface area contributed by atoms with Crippen LogP contribution < -0.4 is 5.73 Å². The molecule has 0 fully saturated rings. The summed E-state index contributed by atoms with van der Waals surface area (Å²) in [5.41, 5.74) is 6.83. The summed E-state index contributed by atoms with van der Waals surface area (Å²) in [6, 6.07) is 13.9. The van der Waals surface area contributed by atoms with Gasteiger partial charge in [0.1, 0.15) is 0 Å². The van der Waals surface area contributed by atoms with Crippen molar-refractivity contribution < 1.29 is 4.79 Å². The van der Waals surface area contributed by atoms with Gasteiger partial charge in [0.15, 0.2) is 11.5 Å². The molecule has 2 heterocycles. The Kier molecular flexibility index (Phi) is 2.30. The van der Waals surface area contributed by atoms with Crippen LogP contribution in [0.15, 0.2) is 42.6 Å². The summed E-state index contributed by atoms with van der Waals surface area (Å²) in [4.78, 5) is 15.6. The monoisotopic (exact) mass is 237 g/mol. The van der Waals surface area contributed by atoms with Crippen molar-refractivity contribution in [1.82, 2.24) is 14.6 Å². The maximum Gasteiger partial charge on any atom is 0.253 e. The van der Waals surface area contributed by atoms with Crippen molar-refractivity contribution in [2.45, 2.75) is 0 Å². The molecule has 1 aromatic carbocycles. The van der Waals surface area contributed by atoms with Crippen LogP contribution in [0.4, 0.5) is 0 Å². The summed E-state index contributed by atoms with van der Waals surface area (Å²) in [5.74, 6) is -0.00897. The number of fused-ring (bicyclic) bond motifs is 1. The number of benzene rings is 1.